The van der Waals surface area contributed by atoms with Gasteiger partial charge in [0.2, 0.25) is 0 Å². The van der Waals surface area contributed by atoms with Crippen LogP contribution in [0.15, 0.2) is 146 Å². The Morgan fingerprint density at radius 2 is 0.465 bits per heavy atom. The Balaban J connectivity index is 1.24. The number of hydrogen-bond donors (Lipinski definition) is 0. The van der Waals surface area contributed by atoms with Crippen molar-refractivity contribution in [2.45, 2.75) is 0 Å². The molecule has 6 rings (SSSR count). The summed E-state index contributed by atoms with van der Waals surface area (Å²) in [6.07, 6.45) is 0. The third-order valence-corrected chi connectivity index (χ3v) is 6.76. The van der Waals surface area contributed by atoms with Crippen molar-refractivity contribution in [1.29, 1.82) is 0 Å². The van der Waals surface area contributed by atoms with Gasteiger partial charge in [-0.2, -0.15) is 0 Å². The van der Waals surface area contributed by atoms with Crippen molar-refractivity contribution in [1.82, 2.24) is 0 Å². The Morgan fingerprint density at radius 3 is 0.674 bits per heavy atom. The van der Waals surface area contributed by atoms with Gasteiger partial charge in [0.15, 0.2) is 0 Å². The molecule has 0 aromatic heterocycles. The maximum absolute atomic E-state index is 13.6. The third-order valence-electron chi connectivity index (χ3n) is 6.76. The summed E-state index contributed by atoms with van der Waals surface area (Å²) in [5, 5.41) is 0. The van der Waals surface area contributed by atoms with Crippen LogP contribution in [-0.4, -0.2) is 0 Å². The topological polar surface area (TPSA) is 15.7 Å². The molecule has 0 unspecified atom stereocenters. The number of hydrogen-bond acceptors (Lipinski definition) is 3. The maximum atomic E-state index is 13.6. The molecule has 0 amide bonds. The first-order valence-corrected chi connectivity index (χ1v) is 13.4. The third kappa shape index (κ3) is 6.36. The summed E-state index contributed by atoms with van der Waals surface area (Å²) in [4.78, 5) is 3.77. The minimum atomic E-state index is -0.351. The van der Waals surface area contributed by atoms with Crippen LogP contribution in [0.2, 0.25) is 0 Å². The Labute approximate surface area is 246 Å². The molecule has 0 fully saturated rings. The molecule has 3 nitrogen and oxygen atoms in total. The first kappa shape index (κ1) is 27.6. The van der Waals surface area contributed by atoms with Gasteiger partial charge in [0.25, 0.3) is 0 Å². The predicted octanol–water partition coefficient (Wildman–Crippen LogP) is 11.0. The standard InChI is InChI=1S/C36H24F4N2O/c37-25-1-9-29(10-2-25)41(30-11-3-26(38)4-12-30)33-17-21-35(22-18-33)43-36-23-19-34(20-24-36)42(31-13-5-27(39)6-14-31)32-15-7-28(40)8-16-32/h1-24H. The lowest BCUT2D eigenvalue weighted by atomic mass is 10.2. The number of ether oxygens (including phenoxy) is 1. The van der Waals surface area contributed by atoms with Gasteiger partial charge in [0.1, 0.15) is 34.8 Å². The second-order valence-corrected chi connectivity index (χ2v) is 9.67. The highest BCUT2D eigenvalue weighted by Gasteiger charge is 2.15. The molecule has 0 N–H and O–H groups in total. The minimum absolute atomic E-state index is 0.351. The molecule has 0 heterocycles. The molecule has 7 heteroatoms. The average molecular weight is 577 g/mol. The van der Waals surface area contributed by atoms with Crippen molar-refractivity contribution in [2.24, 2.45) is 0 Å². The van der Waals surface area contributed by atoms with Gasteiger partial charge in [0.05, 0.1) is 0 Å². The van der Waals surface area contributed by atoms with E-state index in [0.717, 1.165) is 11.4 Å². The Hall–Kier alpha value is -5.56. The molecule has 212 valence electrons. The molecular formula is C36H24F4N2O. The second kappa shape index (κ2) is 12.1. The van der Waals surface area contributed by atoms with Crippen molar-refractivity contribution >= 4 is 34.1 Å². The van der Waals surface area contributed by atoms with Gasteiger partial charge in [-0.1, -0.05) is 0 Å². The Morgan fingerprint density at radius 1 is 0.279 bits per heavy atom. The normalized spacial score (nSPS) is 10.8. The fraction of sp³-hybridized carbons (Fsp3) is 0. The van der Waals surface area contributed by atoms with E-state index in [1.54, 1.807) is 48.5 Å². The molecule has 0 radical (unpaired) electrons. The molecule has 0 saturated carbocycles. The molecular weight excluding hydrogens is 552 g/mol. The highest BCUT2D eigenvalue weighted by Crippen LogP contribution is 2.38. The van der Waals surface area contributed by atoms with Gasteiger partial charge in [-0.3, -0.25) is 0 Å². The predicted molar refractivity (Wildman–Crippen MR) is 162 cm³/mol. The molecule has 6 aromatic rings. The van der Waals surface area contributed by atoms with Crippen molar-refractivity contribution < 1.29 is 22.3 Å². The lowest BCUT2D eigenvalue weighted by Crippen LogP contribution is -2.10. The summed E-state index contributed by atoms with van der Waals surface area (Å²) >= 11 is 0. The lowest BCUT2D eigenvalue weighted by molar-refractivity contribution is 0.483. The van der Waals surface area contributed by atoms with Crippen LogP contribution < -0.4 is 14.5 Å². The van der Waals surface area contributed by atoms with Crippen LogP contribution >= 0.6 is 0 Å². The fourth-order valence-electron chi connectivity index (χ4n) is 4.72. The number of nitrogens with zero attached hydrogens (tertiary/aromatic N) is 2. The smallest absolute Gasteiger partial charge is 0.127 e. The molecule has 0 spiro atoms. The van der Waals surface area contributed by atoms with Crippen LogP contribution in [0.1, 0.15) is 0 Å². The molecule has 6 aromatic carbocycles. The largest absolute Gasteiger partial charge is 0.457 e. The number of rotatable bonds is 8. The SMILES string of the molecule is Fc1ccc(N(c2ccc(F)cc2)c2ccc(Oc3ccc(N(c4ccc(F)cc4)c4ccc(F)cc4)cc3)cc2)cc1. The molecule has 0 aliphatic carbocycles. The quantitative estimate of drug-likeness (QED) is 0.168. The Kier molecular flexibility index (Phi) is 7.78. The van der Waals surface area contributed by atoms with E-state index in [2.05, 4.69) is 0 Å². The van der Waals surface area contributed by atoms with Crippen molar-refractivity contribution in [3.05, 3.63) is 169 Å². The first-order valence-electron chi connectivity index (χ1n) is 13.4. The average Bonchev–Trinajstić information content (AvgIpc) is 3.03. The zero-order valence-electron chi connectivity index (χ0n) is 22.7. The van der Waals surface area contributed by atoms with Crippen LogP contribution in [0.4, 0.5) is 51.7 Å². The van der Waals surface area contributed by atoms with Crippen molar-refractivity contribution in [2.75, 3.05) is 9.80 Å². The van der Waals surface area contributed by atoms with Crippen LogP contribution in [-0.2, 0) is 0 Å². The summed E-state index contributed by atoms with van der Waals surface area (Å²) in [5.74, 6) is -0.230. The summed E-state index contributed by atoms with van der Waals surface area (Å²) in [5.41, 5.74) is 4.40. The van der Waals surface area contributed by atoms with Crippen molar-refractivity contribution in [3.63, 3.8) is 0 Å². The van der Waals surface area contributed by atoms with Gasteiger partial charge >= 0.3 is 0 Å². The maximum Gasteiger partial charge on any atom is 0.127 e. The lowest BCUT2D eigenvalue weighted by Gasteiger charge is -2.26. The molecule has 0 saturated heterocycles. The zero-order valence-corrected chi connectivity index (χ0v) is 22.7. The van der Waals surface area contributed by atoms with Crippen molar-refractivity contribution in [3.8, 4) is 11.5 Å². The minimum Gasteiger partial charge on any atom is -0.457 e. The van der Waals surface area contributed by atoms with Gasteiger partial charge in [-0.05, 0) is 146 Å². The molecule has 0 atom stereocenters. The highest BCUT2D eigenvalue weighted by molar-refractivity contribution is 5.78. The summed E-state index contributed by atoms with van der Waals surface area (Å²) in [6, 6.07) is 39.0. The molecule has 0 aliphatic rings. The first-order chi connectivity index (χ1) is 20.9. The number of halogens is 4. The van der Waals surface area contributed by atoms with Gasteiger partial charge in [0, 0.05) is 34.1 Å². The monoisotopic (exact) mass is 576 g/mol. The number of benzene rings is 6. The summed E-state index contributed by atoms with van der Waals surface area (Å²) in [6.45, 7) is 0. The van der Waals surface area contributed by atoms with E-state index < -0.39 is 0 Å². The van der Waals surface area contributed by atoms with E-state index in [0.29, 0.717) is 34.2 Å². The van der Waals surface area contributed by atoms with E-state index >= 15 is 0 Å². The molecule has 0 aliphatic heterocycles. The van der Waals surface area contributed by atoms with E-state index in [9.17, 15) is 17.6 Å². The van der Waals surface area contributed by atoms with Gasteiger partial charge < -0.3 is 14.5 Å². The zero-order chi connectivity index (χ0) is 29.8. The fourth-order valence-corrected chi connectivity index (χ4v) is 4.72. The Bertz CT molecular complexity index is 1560. The molecule has 43 heavy (non-hydrogen) atoms. The van der Waals surface area contributed by atoms with E-state index in [1.807, 2.05) is 58.3 Å². The highest BCUT2D eigenvalue weighted by atomic mass is 19.1. The number of anilines is 6. The summed E-state index contributed by atoms with van der Waals surface area (Å²) in [7, 11) is 0. The van der Waals surface area contributed by atoms with E-state index in [-0.39, 0.29) is 23.3 Å². The summed E-state index contributed by atoms with van der Waals surface area (Å²) < 4.78 is 60.6. The second-order valence-electron chi connectivity index (χ2n) is 9.67. The van der Waals surface area contributed by atoms with Crippen LogP contribution in [0, 0.1) is 23.3 Å². The van der Waals surface area contributed by atoms with Gasteiger partial charge in [-0.15, -0.1) is 0 Å². The van der Waals surface area contributed by atoms with E-state index in [4.69, 9.17) is 4.74 Å². The molecule has 0 bridgehead atoms. The van der Waals surface area contributed by atoms with E-state index in [1.165, 1.54) is 48.5 Å². The van der Waals surface area contributed by atoms with Crippen LogP contribution in [0.5, 0.6) is 11.5 Å². The van der Waals surface area contributed by atoms with Crippen LogP contribution in [0.25, 0.3) is 0 Å². The van der Waals surface area contributed by atoms with Crippen LogP contribution in [0.3, 0.4) is 0 Å². The van der Waals surface area contributed by atoms with Gasteiger partial charge in [-0.25, -0.2) is 17.6 Å².